The molecule has 1 saturated heterocycles. The molecule has 230 valence electrons. The van der Waals surface area contributed by atoms with E-state index in [2.05, 4.69) is 15.1 Å². The molecule has 2 fully saturated rings. The molecule has 1 atom stereocenters. The van der Waals surface area contributed by atoms with Crippen molar-refractivity contribution in [2.24, 2.45) is 16.6 Å². The Bertz CT molecular complexity index is 1450. The van der Waals surface area contributed by atoms with E-state index in [0.717, 1.165) is 37.4 Å². The summed E-state index contributed by atoms with van der Waals surface area (Å²) < 4.78 is 53.1. The first-order valence-corrected chi connectivity index (χ1v) is 14.7. The second-order valence-electron chi connectivity index (χ2n) is 11.4. The number of hydrogen-bond donors (Lipinski definition) is 1. The molecule has 1 saturated carbocycles. The van der Waals surface area contributed by atoms with E-state index in [1.54, 1.807) is 23.1 Å². The van der Waals surface area contributed by atoms with E-state index in [1.165, 1.54) is 31.4 Å². The zero-order chi connectivity index (χ0) is 30.6. The minimum Gasteiger partial charge on any atom is -0.493 e. The number of aliphatic imine (C=N–C) groups is 1. The highest BCUT2D eigenvalue weighted by Gasteiger charge is 2.36. The number of rotatable bonds is 8. The number of likely N-dealkylation sites (tertiary alicyclic amines) is 1. The van der Waals surface area contributed by atoms with Gasteiger partial charge in [0.2, 0.25) is 11.7 Å². The number of nitrogens with two attached hydrogens (primary N) is 1. The fraction of sp³-hybridized carbons (Fsp3) is 0.484. The second kappa shape index (κ2) is 13.0. The summed E-state index contributed by atoms with van der Waals surface area (Å²) in [7, 11) is 3.75. The molecule has 12 heteroatoms. The first-order chi connectivity index (χ1) is 20.6. The summed E-state index contributed by atoms with van der Waals surface area (Å²) >= 11 is 0. The van der Waals surface area contributed by atoms with Crippen LogP contribution in [-0.4, -0.2) is 54.2 Å². The van der Waals surface area contributed by atoms with Crippen LogP contribution in [0, 0.1) is 5.92 Å². The molecule has 2 heterocycles. The summed E-state index contributed by atoms with van der Waals surface area (Å²) in [6.45, 7) is 0.747. The van der Waals surface area contributed by atoms with Crippen LogP contribution in [0.25, 0.3) is 11.4 Å². The Morgan fingerprint density at radius 1 is 1.12 bits per heavy atom. The van der Waals surface area contributed by atoms with Crippen LogP contribution >= 0.6 is 0 Å². The molecule has 1 amide bonds. The zero-order valence-corrected chi connectivity index (χ0v) is 24.4. The normalized spacial score (nSPS) is 18.2. The smallest absolute Gasteiger partial charge is 0.419 e. The van der Waals surface area contributed by atoms with E-state index in [1.807, 2.05) is 25.1 Å². The molecule has 2 aliphatic rings. The molecule has 0 radical (unpaired) electrons. The quantitative estimate of drug-likeness (QED) is 0.232. The topological polar surface area (TPSA) is 110 Å². The van der Waals surface area contributed by atoms with Crippen molar-refractivity contribution in [2.75, 3.05) is 32.1 Å². The van der Waals surface area contributed by atoms with Gasteiger partial charge in [-0.15, -0.1) is 0 Å². The van der Waals surface area contributed by atoms with Gasteiger partial charge in [-0.25, -0.2) is 0 Å². The van der Waals surface area contributed by atoms with Crippen molar-refractivity contribution in [3.63, 3.8) is 0 Å². The summed E-state index contributed by atoms with van der Waals surface area (Å²) in [6, 6.07) is 10.4. The van der Waals surface area contributed by atoms with Gasteiger partial charge in [0, 0.05) is 37.5 Å². The van der Waals surface area contributed by atoms with Crippen molar-refractivity contribution in [1.82, 2.24) is 15.0 Å². The van der Waals surface area contributed by atoms with E-state index >= 15 is 0 Å². The second-order valence-corrected chi connectivity index (χ2v) is 11.4. The van der Waals surface area contributed by atoms with Crippen molar-refractivity contribution in [2.45, 2.75) is 63.6 Å². The molecular formula is C31H37F3N6O3. The Morgan fingerprint density at radius 2 is 1.91 bits per heavy atom. The monoisotopic (exact) mass is 598 g/mol. The lowest BCUT2D eigenvalue weighted by molar-refractivity contribution is -0.138. The number of nitrogens with zero attached hydrogens (tertiary/aromatic N) is 5. The first kappa shape index (κ1) is 30.4. The van der Waals surface area contributed by atoms with Crippen molar-refractivity contribution in [3.05, 3.63) is 59.5 Å². The van der Waals surface area contributed by atoms with Crippen LogP contribution in [0.3, 0.4) is 0 Å². The molecule has 0 bridgehead atoms. The maximum atomic E-state index is 14.0. The highest BCUT2D eigenvalue weighted by Crippen LogP contribution is 2.39. The SMILES string of the molecule is CN(C)c1cccc(C(=O)N=C(N)N2CCC[C@H]2c2nc(-c3ccc(OCCC4CCCCC4)c(C(F)(F)F)c3)no2)c1. The fourth-order valence-corrected chi connectivity index (χ4v) is 5.76. The molecule has 1 aromatic heterocycles. The lowest BCUT2D eigenvalue weighted by atomic mass is 9.87. The summed E-state index contributed by atoms with van der Waals surface area (Å²) in [5, 5.41) is 3.96. The Labute approximate surface area is 248 Å². The number of ether oxygens (including phenoxy) is 1. The van der Waals surface area contributed by atoms with E-state index < -0.39 is 23.7 Å². The summed E-state index contributed by atoms with van der Waals surface area (Å²) in [5.74, 6) is 0.0295. The lowest BCUT2D eigenvalue weighted by Gasteiger charge is -2.22. The highest BCUT2D eigenvalue weighted by atomic mass is 19.4. The molecule has 43 heavy (non-hydrogen) atoms. The van der Waals surface area contributed by atoms with Gasteiger partial charge in [-0.3, -0.25) is 4.79 Å². The number of aromatic nitrogens is 2. The van der Waals surface area contributed by atoms with Crippen LogP contribution in [0.1, 0.15) is 79.2 Å². The van der Waals surface area contributed by atoms with Crippen LogP contribution in [0.4, 0.5) is 18.9 Å². The van der Waals surface area contributed by atoms with Gasteiger partial charge in [0.15, 0.2) is 5.96 Å². The molecule has 2 aromatic carbocycles. The molecule has 5 rings (SSSR count). The van der Waals surface area contributed by atoms with Crippen LogP contribution < -0.4 is 15.4 Å². The van der Waals surface area contributed by atoms with Gasteiger partial charge < -0.3 is 24.8 Å². The van der Waals surface area contributed by atoms with Crippen molar-refractivity contribution >= 4 is 17.6 Å². The molecule has 9 nitrogen and oxygen atoms in total. The predicted octanol–water partition coefficient (Wildman–Crippen LogP) is 6.46. The number of carbonyl (C=O) groups is 1. The zero-order valence-electron chi connectivity index (χ0n) is 24.4. The Kier molecular flexibility index (Phi) is 9.22. The number of halogens is 3. The maximum absolute atomic E-state index is 14.0. The van der Waals surface area contributed by atoms with Gasteiger partial charge in [-0.2, -0.15) is 23.1 Å². The molecule has 0 spiro atoms. The fourth-order valence-electron chi connectivity index (χ4n) is 5.76. The number of carbonyl (C=O) groups excluding carboxylic acids is 1. The molecular weight excluding hydrogens is 561 g/mol. The van der Waals surface area contributed by atoms with E-state index in [4.69, 9.17) is 15.0 Å². The van der Waals surface area contributed by atoms with Crippen molar-refractivity contribution < 1.29 is 27.2 Å². The number of benzene rings is 2. The minimum atomic E-state index is -4.62. The number of amides is 1. The van der Waals surface area contributed by atoms with Crippen LogP contribution in [0.2, 0.25) is 0 Å². The number of guanidine groups is 1. The maximum Gasteiger partial charge on any atom is 0.419 e. The third kappa shape index (κ3) is 7.29. The molecule has 2 N–H and O–H groups in total. The van der Waals surface area contributed by atoms with E-state index in [0.29, 0.717) is 24.4 Å². The standard InChI is InChI=1S/C31H37F3N6O3/c1-39(2)23-11-6-10-22(18-23)28(41)37-30(35)40-16-7-12-25(40)29-36-27(38-43-29)21-13-14-26(24(19-21)31(32,33)34)42-17-15-20-8-4-3-5-9-20/h6,10-11,13-14,18-20,25H,3-5,7-9,12,15-17H2,1-2H3,(H2,35,37,41)/t25-/m0/s1. The lowest BCUT2D eigenvalue weighted by Crippen LogP contribution is -2.37. The van der Waals surface area contributed by atoms with Gasteiger partial charge in [0.1, 0.15) is 11.8 Å². The third-order valence-electron chi connectivity index (χ3n) is 8.15. The third-order valence-corrected chi connectivity index (χ3v) is 8.15. The van der Waals surface area contributed by atoms with Gasteiger partial charge >= 0.3 is 6.18 Å². The molecule has 1 aliphatic heterocycles. The van der Waals surface area contributed by atoms with Crippen LogP contribution in [0.15, 0.2) is 52.0 Å². The largest absolute Gasteiger partial charge is 0.493 e. The average molecular weight is 599 g/mol. The predicted molar refractivity (Wildman–Crippen MR) is 157 cm³/mol. The minimum absolute atomic E-state index is 0.0107. The summed E-state index contributed by atoms with van der Waals surface area (Å²) in [5.41, 5.74) is 6.77. The van der Waals surface area contributed by atoms with Crippen LogP contribution in [-0.2, 0) is 6.18 Å². The number of anilines is 1. The van der Waals surface area contributed by atoms with E-state index in [9.17, 15) is 18.0 Å². The van der Waals surface area contributed by atoms with Gasteiger partial charge in [-0.1, -0.05) is 43.3 Å². The summed E-state index contributed by atoms with van der Waals surface area (Å²) in [6.07, 6.45) is 3.22. The Morgan fingerprint density at radius 3 is 2.65 bits per heavy atom. The van der Waals surface area contributed by atoms with Crippen LogP contribution in [0.5, 0.6) is 5.75 Å². The van der Waals surface area contributed by atoms with Crippen molar-refractivity contribution in [1.29, 1.82) is 0 Å². The van der Waals surface area contributed by atoms with Gasteiger partial charge in [-0.05, 0) is 61.6 Å². The van der Waals surface area contributed by atoms with E-state index in [-0.39, 0.29) is 35.6 Å². The number of alkyl halides is 3. The number of hydrogen-bond acceptors (Lipinski definition) is 6. The Hall–Kier alpha value is -4.09. The molecule has 3 aromatic rings. The Balaban J connectivity index is 1.30. The summed E-state index contributed by atoms with van der Waals surface area (Å²) in [4.78, 5) is 24.9. The van der Waals surface area contributed by atoms with Gasteiger partial charge in [0.25, 0.3) is 5.91 Å². The van der Waals surface area contributed by atoms with Gasteiger partial charge in [0.05, 0.1) is 12.2 Å². The molecule has 1 aliphatic carbocycles. The first-order valence-electron chi connectivity index (χ1n) is 14.7. The molecule has 0 unspecified atom stereocenters. The highest BCUT2D eigenvalue weighted by molar-refractivity contribution is 6.02. The van der Waals surface area contributed by atoms with Crippen molar-refractivity contribution in [3.8, 4) is 17.1 Å². The average Bonchev–Trinajstić information content (AvgIpc) is 3.68.